The lowest BCUT2D eigenvalue weighted by Gasteiger charge is -2.21. The lowest BCUT2D eigenvalue weighted by molar-refractivity contribution is -0.127. The van der Waals surface area contributed by atoms with Gasteiger partial charge in [-0.3, -0.25) is 14.9 Å². The number of anilines is 1. The third-order valence-electron chi connectivity index (χ3n) is 4.98. The normalized spacial score (nSPS) is 12.0. The summed E-state index contributed by atoms with van der Waals surface area (Å²) in [4.78, 5) is 25.0. The van der Waals surface area contributed by atoms with Crippen molar-refractivity contribution in [1.82, 2.24) is 15.5 Å². The van der Waals surface area contributed by atoms with E-state index in [2.05, 4.69) is 27.8 Å². The molecule has 7 heteroatoms. The van der Waals surface area contributed by atoms with Crippen LogP contribution < -0.4 is 10.6 Å². The Morgan fingerprint density at radius 2 is 1.67 bits per heavy atom. The molecule has 2 aromatic rings. The Labute approximate surface area is 183 Å². The van der Waals surface area contributed by atoms with E-state index < -0.39 is 6.04 Å². The summed E-state index contributed by atoms with van der Waals surface area (Å²) in [6.45, 7) is 8.07. The molecule has 30 heavy (non-hydrogen) atoms. The highest BCUT2D eigenvalue weighted by atomic mass is 32.1. The number of benzene rings is 1. The van der Waals surface area contributed by atoms with Crippen LogP contribution in [0.5, 0.6) is 0 Å². The van der Waals surface area contributed by atoms with Gasteiger partial charge in [0, 0.05) is 12.0 Å². The number of aryl methyl sites for hydroxylation is 1. The molecular formula is C23H34N4O2S. The van der Waals surface area contributed by atoms with E-state index in [9.17, 15) is 9.59 Å². The van der Waals surface area contributed by atoms with Crippen molar-refractivity contribution in [2.75, 3.05) is 5.32 Å². The van der Waals surface area contributed by atoms with Crippen LogP contribution in [0, 0.1) is 12.8 Å². The number of unbranched alkanes of at least 4 members (excludes halogenated alkanes) is 5. The predicted molar refractivity (Wildman–Crippen MR) is 123 cm³/mol. The molecule has 1 unspecified atom stereocenters. The molecule has 1 heterocycles. The molecule has 2 rings (SSSR count). The second-order valence-electron chi connectivity index (χ2n) is 8.07. The van der Waals surface area contributed by atoms with Crippen molar-refractivity contribution in [2.45, 2.75) is 78.7 Å². The second-order valence-corrected chi connectivity index (χ2v) is 9.05. The van der Waals surface area contributed by atoms with Gasteiger partial charge in [-0.15, -0.1) is 10.2 Å². The van der Waals surface area contributed by atoms with E-state index in [0.29, 0.717) is 11.6 Å². The van der Waals surface area contributed by atoms with Crippen LogP contribution in [0.2, 0.25) is 0 Å². The molecule has 0 spiro atoms. The standard InChI is InChI=1S/C23H34N4O2S/c1-5-6-7-8-9-10-11-19(28)24-20(16(2)3)21(29)25-23-27-26-22(30-23)18-14-12-17(4)13-15-18/h12-16,20H,5-11H2,1-4H3,(H,24,28)(H,25,27,29). The first-order valence-corrected chi connectivity index (χ1v) is 11.7. The summed E-state index contributed by atoms with van der Waals surface area (Å²) in [5.41, 5.74) is 2.14. The smallest absolute Gasteiger partial charge is 0.249 e. The molecule has 2 N–H and O–H groups in total. The summed E-state index contributed by atoms with van der Waals surface area (Å²) in [5, 5.41) is 15.1. The van der Waals surface area contributed by atoms with Crippen molar-refractivity contribution in [3.63, 3.8) is 0 Å². The third kappa shape index (κ3) is 7.86. The van der Waals surface area contributed by atoms with Gasteiger partial charge < -0.3 is 5.32 Å². The zero-order valence-electron chi connectivity index (χ0n) is 18.5. The molecule has 2 amide bonds. The highest BCUT2D eigenvalue weighted by molar-refractivity contribution is 7.18. The summed E-state index contributed by atoms with van der Waals surface area (Å²) < 4.78 is 0. The summed E-state index contributed by atoms with van der Waals surface area (Å²) in [6.07, 6.45) is 7.22. The number of nitrogens with zero attached hydrogens (tertiary/aromatic N) is 2. The molecule has 0 aliphatic heterocycles. The number of carbonyl (C=O) groups is 2. The van der Waals surface area contributed by atoms with E-state index in [4.69, 9.17) is 0 Å². The summed E-state index contributed by atoms with van der Waals surface area (Å²) in [7, 11) is 0. The first kappa shape index (κ1) is 24.0. The van der Waals surface area contributed by atoms with Gasteiger partial charge in [0.05, 0.1) is 0 Å². The predicted octanol–water partition coefficient (Wildman–Crippen LogP) is 5.34. The number of amides is 2. The molecule has 0 radical (unpaired) electrons. The minimum absolute atomic E-state index is 0.0250. The average Bonchev–Trinajstić information content (AvgIpc) is 3.17. The van der Waals surface area contributed by atoms with Crippen LogP contribution in [0.4, 0.5) is 5.13 Å². The zero-order valence-corrected chi connectivity index (χ0v) is 19.3. The van der Waals surface area contributed by atoms with Gasteiger partial charge in [-0.05, 0) is 19.3 Å². The maximum Gasteiger partial charge on any atom is 0.249 e. The van der Waals surface area contributed by atoms with Crippen LogP contribution in [0.1, 0.15) is 71.3 Å². The molecule has 0 fully saturated rings. The molecule has 1 aromatic heterocycles. The quantitative estimate of drug-likeness (QED) is 0.445. The Hall–Kier alpha value is -2.28. The van der Waals surface area contributed by atoms with Crippen LogP contribution in [0.3, 0.4) is 0 Å². The van der Waals surface area contributed by atoms with Crippen molar-refractivity contribution in [3.05, 3.63) is 29.8 Å². The second kappa shape index (κ2) is 12.4. The Morgan fingerprint density at radius 3 is 2.33 bits per heavy atom. The number of nitrogens with one attached hydrogen (secondary N) is 2. The average molecular weight is 431 g/mol. The van der Waals surface area contributed by atoms with Gasteiger partial charge in [-0.2, -0.15) is 0 Å². The molecule has 164 valence electrons. The van der Waals surface area contributed by atoms with E-state index in [1.807, 2.05) is 45.0 Å². The van der Waals surface area contributed by atoms with Gasteiger partial charge in [0.25, 0.3) is 0 Å². The van der Waals surface area contributed by atoms with E-state index in [0.717, 1.165) is 29.8 Å². The minimum Gasteiger partial charge on any atom is -0.344 e. The number of rotatable bonds is 12. The van der Waals surface area contributed by atoms with Crippen molar-refractivity contribution in [1.29, 1.82) is 0 Å². The Morgan fingerprint density at radius 1 is 1.00 bits per heavy atom. The van der Waals surface area contributed by atoms with Gasteiger partial charge >= 0.3 is 0 Å². The van der Waals surface area contributed by atoms with Crippen LogP contribution in [-0.4, -0.2) is 28.1 Å². The summed E-state index contributed by atoms with van der Waals surface area (Å²) >= 11 is 1.32. The lowest BCUT2D eigenvalue weighted by atomic mass is 10.0. The number of hydrogen-bond acceptors (Lipinski definition) is 5. The largest absolute Gasteiger partial charge is 0.344 e. The zero-order chi connectivity index (χ0) is 21.9. The molecule has 0 saturated carbocycles. The molecule has 0 saturated heterocycles. The molecule has 0 aliphatic carbocycles. The minimum atomic E-state index is -0.593. The van der Waals surface area contributed by atoms with E-state index in [1.54, 1.807) is 0 Å². The summed E-state index contributed by atoms with van der Waals surface area (Å²) in [6, 6.07) is 7.41. The fraction of sp³-hybridized carbons (Fsp3) is 0.565. The van der Waals surface area contributed by atoms with Crippen molar-refractivity contribution in [3.8, 4) is 10.6 Å². The highest BCUT2D eigenvalue weighted by Crippen LogP contribution is 2.26. The lowest BCUT2D eigenvalue weighted by Crippen LogP contribution is -2.47. The highest BCUT2D eigenvalue weighted by Gasteiger charge is 2.25. The Bertz CT molecular complexity index is 802. The fourth-order valence-corrected chi connectivity index (χ4v) is 3.87. The molecule has 0 aliphatic rings. The van der Waals surface area contributed by atoms with Crippen molar-refractivity contribution < 1.29 is 9.59 Å². The first-order valence-electron chi connectivity index (χ1n) is 10.9. The molecule has 6 nitrogen and oxygen atoms in total. The maximum atomic E-state index is 12.7. The van der Waals surface area contributed by atoms with Crippen molar-refractivity contribution >= 4 is 28.3 Å². The van der Waals surface area contributed by atoms with E-state index >= 15 is 0 Å². The van der Waals surface area contributed by atoms with Gasteiger partial charge in [-0.25, -0.2) is 0 Å². The van der Waals surface area contributed by atoms with Crippen LogP contribution in [-0.2, 0) is 9.59 Å². The fourth-order valence-electron chi connectivity index (χ4n) is 3.12. The Balaban J connectivity index is 1.86. The van der Waals surface area contributed by atoms with E-state index in [-0.39, 0.29) is 17.7 Å². The molecule has 1 atom stereocenters. The van der Waals surface area contributed by atoms with Crippen LogP contribution in [0.15, 0.2) is 24.3 Å². The molecule has 1 aromatic carbocycles. The monoisotopic (exact) mass is 430 g/mol. The Kier molecular flexibility index (Phi) is 9.94. The van der Waals surface area contributed by atoms with Crippen LogP contribution >= 0.6 is 11.3 Å². The van der Waals surface area contributed by atoms with Gasteiger partial charge in [0.15, 0.2) is 0 Å². The van der Waals surface area contributed by atoms with Gasteiger partial charge in [0.2, 0.25) is 16.9 Å². The molecule has 0 bridgehead atoms. The number of carbonyl (C=O) groups excluding carboxylic acids is 2. The van der Waals surface area contributed by atoms with Gasteiger partial charge in [0.1, 0.15) is 11.0 Å². The SMILES string of the molecule is CCCCCCCCC(=O)NC(C(=O)Nc1nnc(-c2ccc(C)cc2)s1)C(C)C. The third-order valence-corrected chi connectivity index (χ3v) is 5.86. The topological polar surface area (TPSA) is 84.0 Å². The van der Waals surface area contributed by atoms with Gasteiger partial charge in [-0.1, -0.05) is 94.0 Å². The van der Waals surface area contributed by atoms with Crippen molar-refractivity contribution in [2.24, 2.45) is 5.92 Å². The summed E-state index contributed by atoms with van der Waals surface area (Å²) in [5.74, 6) is -0.354. The van der Waals surface area contributed by atoms with E-state index in [1.165, 1.54) is 36.2 Å². The molecular weight excluding hydrogens is 396 g/mol. The number of aromatic nitrogens is 2. The maximum absolute atomic E-state index is 12.7. The number of hydrogen-bond donors (Lipinski definition) is 2. The first-order chi connectivity index (χ1) is 14.4. The van der Waals surface area contributed by atoms with Crippen LogP contribution in [0.25, 0.3) is 10.6 Å².